The van der Waals surface area contributed by atoms with E-state index in [-0.39, 0.29) is 30.5 Å². The fraction of sp³-hybridized carbons (Fsp3) is 0.333. The first kappa shape index (κ1) is 26.3. The molecule has 4 amide bonds. The van der Waals surface area contributed by atoms with E-state index in [4.69, 9.17) is 0 Å². The Kier molecular flexibility index (Phi) is 6.37. The number of nitrogens with zero attached hydrogens (tertiary/aromatic N) is 1. The number of alkyl halides is 5. The number of nitrogens with one attached hydrogen (secondary N) is 2. The van der Waals surface area contributed by atoms with Crippen LogP contribution in [-0.2, 0) is 39.6 Å². The lowest BCUT2D eigenvalue weighted by Crippen LogP contribution is -2.63. The predicted octanol–water partition coefficient (Wildman–Crippen LogP) is 2.14. The third-order valence-electron chi connectivity index (χ3n) is 6.71. The van der Waals surface area contributed by atoms with Gasteiger partial charge in [-0.1, -0.05) is 29.8 Å². The van der Waals surface area contributed by atoms with Crippen molar-refractivity contribution in [3.05, 3.63) is 69.8 Å². The monoisotopic (exact) mass is 521 g/mol. The SMILES string of the molecule is B[C@]1(N2Cc3cc(CNC(=O)C(F)(F)c4ccc(C)cc4C(F)(F)F)ccc3C2=O)CCC(=O)NC1=O. The molecule has 0 bridgehead atoms. The molecular weight excluding hydrogens is 500 g/mol. The highest BCUT2D eigenvalue weighted by Crippen LogP contribution is 2.40. The van der Waals surface area contributed by atoms with Crippen LogP contribution in [0.5, 0.6) is 0 Å². The maximum Gasteiger partial charge on any atom is 0.416 e. The summed E-state index contributed by atoms with van der Waals surface area (Å²) < 4.78 is 69.6. The van der Waals surface area contributed by atoms with Crippen LogP contribution in [0, 0.1) is 6.92 Å². The number of piperidine rings is 1. The molecule has 2 aromatic carbocycles. The van der Waals surface area contributed by atoms with Crippen LogP contribution in [0.15, 0.2) is 36.4 Å². The van der Waals surface area contributed by atoms with E-state index >= 15 is 0 Å². The third-order valence-corrected chi connectivity index (χ3v) is 6.71. The fourth-order valence-corrected chi connectivity index (χ4v) is 4.52. The maximum atomic E-state index is 14.8. The molecule has 2 aliphatic rings. The Bertz CT molecular complexity index is 1330. The summed E-state index contributed by atoms with van der Waals surface area (Å²) in [7, 11) is 1.54. The van der Waals surface area contributed by atoms with Crippen LogP contribution in [0.4, 0.5) is 22.0 Å². The van der Waals surface area contributed by atoms with Crippen molar-refractivity contribution < 1.29 is 41.1 Å². The van der Waals surface area contributed by atoms with Crippen molar-refractivity contribution in [3.63, 3.8) is 0 Å². The number of halogens is 5. The van der Waals surface area contributed by atoms with E-state index in [1.165, 1.54) is 30.0 Å². The second kappa shape index (κ2) is 8.96. The van der Waals surface area contributed by atoms with Crippen molar-refractivity contribution in [2.75, 3.05) is 0 Å². The van der Waals surface area contributed by atoms with E-state index in [9.17, 15) is 41.1 Å². The van der Waals surface area contributed by atoms with Gasteiger partial charge in [0.1, 0.15) is 7.85 Å². The maximum absolute atomic E-state index is 14.8. The summed E-state index contributed by atoms with van der Waals surface area (Å²) in [5.41, 5.74) is -3.11. The van der Waals surface area contributed by atoms with Gasteiger partial charge in [-0.15, -0.1) is 0 Å². The predicted molar refractivity (Wildman–Crippen MR) is 122 cm³/mol. The molecule has 0 spiro atoms. The molecule has 0 saturated carbocycles. The number of hydrogen-bond donors (Lipinski definition) is 2. The second-order valence-electron chi connectivity index (χ2n) is 9.34. The summed E-state index contributed by atoms with van der Waals surface area (Å²) in [5.74, 6) is -7.84. The van der Waals surface area contributed by atoms with E-state index in [0.717, 1.165) is 6.07 Å². The van der Waals surface area contributed by atoms with Gasteiger partial charge in [0.15, 0.2) is 0 Å². The topological polar surface area (TPSA) is 95.6 Å². The number of rotatable bonds is 5. The molecular formula is C24H21BF5N3O4. The molecule has 37 heavy (non-hydrogen) atoms. The number of carbonyl (C=O) groups excluding carboxylic acids is 4. The van der Waals surface area contributed by atoms with Crippen LogP contribution < -0.4 is 10.6 Å². The molecule has 0 radical (unpaired) electrons. The third kappa shape index (κ3) is 4.69. The Morgan fingerprint density at radius 3 is 2.43 bits per heavy atom. The first-order valence-corrected chi connectivity index (χ1v) is 11.3. The summed E-state index contributed by atoms with van der Waals surface area (Å²) in [6.45, 7) is 0.898. The molecule has 2 N–H and O–H groups in total. The summed E-state index contributed by atoms with van der Waals surface area (Å²) >= 11 is 0. The zero-order valence-corrected chi connectivity index (χ0v) is 19.8. The van der Waals surface area contributed by atoms with Gasteiger partial charge in [0.2, 0.25) is 11.8 Å². The van der Waals surface area contributed by atoms with Crippen molar-refractivity contribution in [1.82, 2.24) is 15.5 Å². The number of hydrogen-bond acceptors (Lipinski definition) is 4. The summed E-state index contributed by atoms with van der Waals surface area (Å²) in [6, 6.07) is 6.55. The van der Waals surface area contributed by atoms with Crippen LogP contribution in [0.25, 0.3) is 0 Å². The number of imide groups is 1. The van der Waals surface area contributed by atoms with E-state index in [0.29, 0.717) is 23.3 Å². The molecule has 0 aromatic heterocycles. The molecule has 0 aliphatic carbocycles. The Labute approximate surface area is 208 Å². The molecule has 7 nitrogen and oxygen atoms in total. The molecule has 1 saturated heterocycles. The Morgan fingerprint density at radius 2 is 1.78 bits per heavy atom. The van der Waals surface area contributed by atoms with E-state index < -0.39 is 58.8 Å². The average Bonchev–Trinajstić information content (AvgIpc) is 3.15. The van der Waals surface area contributed by atoms with Crippen LogP contribution in [0.3, 0.4) is 0 Å². The highest BCUT2D eigenvalue weighted by atomic mass is 19.4. The van der Waals surface area contributed by atoms with Gasteiger partial charge < -0.3 is 10.2 Å². The Hall–Kier alpha value is -3.77. The van der Waals surface area contributed by atoms with Crippen molar-refractivity contribution in [2.24, 2.45) is 0 Å². The van der Waals surface area contributed by atoms with Crippen LogP contribution in [-0.4, -0.2) is 41.8 Å². The number of benzene rings is 2. The first-order chi connectivity index (χ1) is 17.1. The summed E-state index contributed by atoms with van der Waals surface area (Å²) in [5, 5.41) is 4.19. The van der Waals surface area contributed by atoms with Gasteiger partial charge in [-0.05, 0) is 36.6 Å². The largest absolute Gasteiger partial charge is 0.416 e. The molecule has 2 aromatic rings. The highest BCUT2D eigenvalue weighted by molar-refractivity contribution is 6.32. The number of amides is 4. The molecule has 194 valence electrons. The van der Waals surface area contributed by atoms with Crippen LogP contribution in [0.2, 0.25) is 0 Å². The van der Waals surface area contributed by atoms with Gasteiger partial charge in [0.05, 0.1) is 11.0 Å². The molecule has 2 heterocycles. The second-order valence-corrected chi connectivity index (χ2v) is 9.34. The van der Waals surface area contributed by atoms with Crippen molar-refractivity contribution in [3.8, 4) is 0 Å². The Balaban J connectivity index is 1.50. The van der Waals surface area contributed by atoms with Crippen molar-refractivity contribution in [1.29, 1.82) is 0 Å². The van der Waals surface area contributed by atoms with E-state index in [1.807, 2.05) is 5.32 Å². The number of fused-ring (bicyclic) bond motifs is 1. The van der Waals surface area contributed by atoms with Crippen molar-refractivity contribution in [2.45, 2.75) is 50.4 Å². The lowest BCUT2D eigenvalue weighted by atomic mass is 9.70. The van der Waals surface area contributed by atoms with Gasteiger partial charge in [-0.25, -0.2) is 0 Å². The zero-order valence-electron chi connectivity index (χ0n) is 19.8. The van der Waals surface area contributed by atoms with Gasteiger partial charge in [0, 0.05) is 30.6 Å². The minimum atomic E-state index is -5.08. The Morgan fingerprint density at radius 1 is 1.08 bits per heavy atom. The minimum absolute atomic E-state index is 0.0164. The highest BCUT2D eigenvalue weighted by Gasteiger charge is 2.49. The number of aryl methyl sites for hydroxylation is 1. The van der Waals surface area contributed by atoms with Crippen molar-refractivity contribution >= 4 is 31.5 Å². The number of carbonyl (C=O) groups is 4. The van der Waals surface area contributed by atoms with Gasteiger partial charge in [0.25, 0.3) is 11.8 Å². The molecule has 0 unspecified atom stereocenters. The summed E-state index contributed by atoms with van der Waals surface area (Å²) in [6.07, 6.45) is -4.89. The average molecular weight is 521 g/mol. The molecule has 1 atom stereocenters. The lowest BCUT2D eigenvalue weighted by molar-refractivity contribution is -0.153. The smallest absolute Gasteiger partial charge is 0.346 e. The molecule has 4 rings (SSSR count). The normalized spacial score (nSPS) is 20.1. The van der Waals surface area contributed by atoms with Gasteiger partial charge >= 0.3 is 12.1 Å². The summed E-state index contributed by atoms with van der Waals surface area (Å²) in [4.78, 5) is 50.5. The van der Waals surface area contributed by atoms with E-state index in [1.54, 1.807) is 7.85 Å². The standard InChI is InChI=1S/C24H21BF5N3O4/c1-12-2-5-16(17(8-12)24(28,29)30)23(26,27)21(37)31-10-13-3-4-15-14(9-13)11-33(19(15)35)22(25)7-6-18(34)32-20(22)36/h2-5,8-9H,6-7,10-11,25H2,1H3,(H,31,37)(H,32,34,36)/t22-/m0/s1. The minimum Gasteiger partial charge on any atom is -0.346 e. The first-order valence-electron chi connectivity index (χ1n) is 11.3. The zero-order chi connectivity index (χ0) is 27.3. The van der Waals surface area contributed by atoms with E-state index in [2.05, 4.69) is 5.32 Å². The molecule has 1 fully saturated rings. The van der Waals surface area contributed by atoms with Crippen LogP contribution in [0.1, 0.15) is 51.0 Å². The quantitative estimate of drug-likeness (QED) is 0.358. The fourth-order valence-electron chi connectivity index (χ4n) is 4.52. The molecule has 13 heteroatoms. The van der Waals surface area contributed by atoms with Gasteiger partial charge in [-0.3, -0.25) is 24.5 Å². The van der Waals surface area contributed by atoms with Crippen LogP contribution >= 0.6 is 0 Å². The lowest BCUT2D eigenvalue weighted by Gasteiger charge is -2.39. The van der Waals surface area contributed by atoms with Gasteiger partial charge in [-0.2, -0.15) is 22.0 Å². The molecule has 2 aliphatic heterocycles.